The van der Waals surface area contributed by atoms with Crippen LogP contribution in [0.5, 0.6) is 0 Å². The maximum atomic E-state index is 12.1. The first-order chi connectivity index (χ1) is 10.8. The van der Waals surface area contributed by atoms with E-state index in [1.165, 1.54) is 7.11 Å². The molecule has 0 spiro atoms. The number of rotatable bonds is 13. The van der Waals surface area contributed by atoms with Gasteiger partial charge in [-0.15, -0.1) is 0 Å². The van der Waals surface area contributed by atoms with Crippen LogP contribution in [0.2, 0.25) is 0 Å². The van der Waals surface area contributed by atoms with Gasteiger partial charge in [-0.3, -0.25) is 14.9 Å². The van der Waals surface area contributed by atoms with E-state index in [1.54, 1.807) is 6.92 Å². The van der Waals surface area contributed by atoms with Gasteiger partial charge in [-0.1, -0.05) is 6.92 Å². The molecule has 0 radical (unpaired) electrons. The molecule has 0 rings (SSSR count). The quantitative estimate of drug-likeness (QED) is 0.373. The summed E-state index contributed by atoms with van der Waals surface area (Å²) >= 11 is 0. The lowest BCUT2D eigenvalue weighted by Crippen LogP contribution is -2.57. The summed E-state index contributed by atoms with van der Waals surface area (Å²) in [6.45, 7) is 8.04. The normalized spacial score (nSPS) is 14.3. The highest BCUT2D eigenvalue weighted by Crippen LogP contribution is 2.09. The minimum atomic E-state index is -2.99. The molecule has 0 aliphatic carbocycles. The van der Waals surface area contributed by atoms with Gasteiger partial charge in [-0.25, -0.2) is 0 Å². The first kappa shape index (κ1) is 22.0. The summed E-state index contributed by atoms with van der Waals surface area (Å²) in [4.78, 5) is 23.1. The number of esters is 1. The maximum Gasteiger partial charge on any atom is 0.515 e. The van der Waals surface area contributed by atoms with Crippen LogP contribution in [0, 0.1) is 0 Å². The smallest absolute Gasteiger partial charge is 0.481 e. The van der Waals surface area contributed by atoms with Gasteiger partial charge < -0.3 is 23.1 Å². The number of carbonyl (C=O) groups excluding carboxylic acids is 1. The highest BCUT2D eigenvalue weighted by atomic mass is 28.4. The van der Waals surface area contributed by atoms with Crippen molar-refractivity contribution >= 4 is 20.7 Å². The summed E-state index contributed by atoms with van der Waals surface area (Å²) in [6, 6.07) is -0.982. The van der Waals surface area contributed by atoms with E-state index in [0.717, 1.165) is 0 Å². The molecule has 0 aliphatic rings. The fraction of sp³-hybridized carbons (Fsp3) is 0.857. The second-order valence-corrected chi connectivity index (χ2v) is 7.65. The molecule has 2 N–H and O–H groups in total. The van der Waals surface area contributed by atoms with Gasteiger partial charge in [0.25, 0.3) is 0 Å². The van der Waals surface area contributed by atoms with Crippen molar-refractivity contribution in [2.24, 2.45) is 0 Å². The molecule has 0 bridgehead atoms. The molecule has 0 aliphatic heterocycles. The van der Waals surface area contributed by atoms with Crippen LogP contribution >= 0.6 is 0 Å². The number of carboxylic acids is 1. The number of carbonyl (C=O) groups is 2. The standard InChI is InChI=1S/C14H29NO7Si/c1-6-11(4)22-14(18)12(9-13(16)17)15-10-23(19-5,20-7-2)21-8-3/h11-12,15H,6-10H2,1-5H3,(H,16,17). The molecule has 9 heteroatoms. The van der Waals surface area contributed by atoms with Crippen molar-refractivity contribution in [3.8, 4) is 0 Å². The molecule has 2 atom stereocenters. The van der Waals surface area contributed by atoms with Crippen molar-refractivity contribution in [3.63, 3.8) is 0 Å². The fourth-order valence-electron chi connectivity index (χ4n) is 1.80. The molecule has 0 aromatic carbocycles. The molecule has 0 heterocycles. The van der Waals surface area contributed by atoms with E-state index < -0.39 is 26.8 Å². The summed E-state index contributed by atoms with van der Waals surface area (Å²) < 4.78 is 21.8. The third-order valence-electron chi connectivity index (χ3n) is 3.16. The van der Waals surface area contributed by atoms with Crippen molar-refractivity contribution in [3.05, 3.63) is 0 Å². The zero-order valence-corrected chi connectivity index (χ0v) is 15.6. The van der Waals surface area contributed by atoms with Crippen molar-refractivity contribution in [2.75, 3.05) is 26.5 Å². The van der Waals surface area contributed by atoms with E-state index in [2.05, 4.69) is 5.32 Å². The predicted molar refractivity (Wildman–Crippen MR) is 85.9 cm³/mol. The number of aliphatic carboxylic acids is 1. The lowest BCUT2D eigenvalue weighted by atomic mass is 10.2. The molecule has 0 saturated carbocycles. The number of ether oxygens (including phenoxy) is 1. The van der Waals surface area contributed by atoms with Crippen molar-refractivity contribution < 1.29 is 32.7 Å². The molecule has 136 valence electrons. The van der Waals surface area contributed by atoms with Crippen LogP contribution < -0.4 is 5.32 Å². The van der Waals surface area contributed by atoms with Gasteiger partial charge >= 0.3 is 20.7 Å². The third-order valence-corrected chi connectivity index (χ3v) is 5.88. The summed E-state index contributed by atoms with van der Waals surface area (Å²) in [7, 11) is -1.51. The summed E-state index contributed by atoms with van der Waals surface area (Å²) in [5.41, 5.74) is 0. The fourth-order valence-corrected chi connectivity index (χ4v) is 3.84. The maximum absolute atomic E-state index is 12.1. The number of hydrogen-bond acceptors (Lipinski definition) is 7. The monoisotopic (exact) mass is 351 g/mol. The minimum absolute atomic E-state index is 0.124. The first-order valence-electron chi connectivity index (χ1n) is 7.82. The Labute approximate surface area is 138 Å². The lowest BCUT2D eigenvalue weighted by molar-refractivity contribution is -0.154. The van der Waals surface area contributed by atoms with Gasteiger partial charge in [0.05, 0.1) is 18.7 Å². The number of hydrogen-bond donors (Lipinski definition) is 2. The average Bonchev–Trinajstić information content (AvgIpc) is 2.50. The Kier molecular flexibility index (Phi) is 11.0. The Morgan fingerprint density at radius 1 is 1.17 bits per heavy atom. The van der Waals surface area contributed by atoms with E-state index in [9.17, 15) is 9.59 Å². The molecule has 0 aromatic heterocycles. The Bertz CT molecular complexity index is 361. The van der Waals surface area contributed by atoms with E-state index in [0.29, 0.717) is 19.6 Å². The predicted octanol–water partition coefficient (Wildman–Crippen LogP) is 0.959. The summed E-state index contributed by atoms with van der Waals surface area (Å²) in [5, 5.41) is 11.9. The number of carboxylic acid groups (broad SMARTS) is 1. The topological polar surface area (TPSA) is 103 Å². The Balaban J connectivity index is 4.92. The van der Waals surface area contributed by atoms with Gasteiger partial charge in [0, 0.05) is 20.3 Å². The van der Waals surface area contributed by atoms with E-state index in [4.69, 9.17) is 23.1 Å². The molecular weight excluding hydrogens is 322 g/mol. The highest BCUT2D eigenvalue weighted by molar-refractivity contribution is 6.60. The molecule has 0 amide bonds. The van der Waals surface area contributed by atoms with Gasteiger partial charge in [0.1, 0.15) is 6.04 Å². The molecule has 23 heavy (non-hydrogen) atoms. The Morgan fingerprint density at radius 2 is 1.74 bits per heavy atom. The summed E-state index contributed by atoms with van der Waals surface area (Å²) in [5.74, 6) is -1.70. The van der Waals surface area contributed by atoms with Crippen LogP contribution in [0.1, 0.15) is 40.5 Å². The number of nitrogens with one attached hydrogen (secondary N) is 1. The average molecular weight is 351 g/mol. The molecule has 8 nitrogen and oxygen atoms in total. The SMILES string of the molecule is CCO[Si](CNC(CC(=O)O)C(=O)OC(C)CC)(OC)OCC. The van der Waals surface area contributed by atoms with Crippen LogP contribution in [0.4, 0.5) is 0 Å². The van der Waals surface area contributed by atoms with Crippen LogP contribution in [-0.2, 0) is 27.6 Å². The van der Waals surface area contributed by atoms with Gasteiger partial charge in [-0.2, -0.15) is 0 Å². The van der Waals surface area contributed by atoms with Gasteiger partial charge in [0.2, 0.25) is 0 Å². The van der Waals surface area contributed by atoms with E-state index in [1.807, 2.05) is 20.8 Å². The zero-order valence-electron chi connectivity index (χ0n) is 14.6. The molecule has 0 aromatic rings. The van der Waals surface area contributed by atoms with Crippen molar-refractivity contribution in [2.45, 2.75) is 52.7 Å². The van der Waals surface area contributed by atoms with Crippen LogP contribution in [0.25, 0.3) is 0 Å². The van der Waals surface area contributed by atoms with Crippen molar-refractivity contribution in [1.29, 1.82) is 0 Å². The second-order valence-electron chi connectivity index (χ2n) is 4.94. The molecule has 2 unspecified atom stereocenters. The molecule has 0 fully saturated rings. The highest BCUT2D eigenvalue weighted by Gasteiger charge is 2.41. The zero-order chi connectivity index (χ0) is 17.9. The first-order valence-corrected chi connectivity index (χ1v) is 9.75. The largest absolute Gasteiger partial charge is 0.515 e. The van der Waals surface area contributed by atoms with Gasteiger partial charge in [-0.05, 0) is 27.2 Å². The van der Waals surface area contributed by atoms with Crippen LogP contribution in [0.3, 0.4) is 0 Å². The van der Waals surface area contributed by atoms with E-state index in [-0.39, 0.29) is 18.7 Å². The minimum Gasteiger partial charge on any atom is -0.481 e. The van der Waals surface area contributed by atoms with Crippen LogP contribution in [0.15, 0.2) is 0 Å². The Hall–Kier alpha value is -1.00. The van der Waals surface area contributed by atoms with Gasteiger partial charge in [0.15, 0.2) is 0 Å². The van der Waals surface area contributed by atoms with E-state index >= 15 is 0 Å². The summed E-state index contributed by atoms with van der Waals surface area (Å²) in [6.07, 6.45) is 0.115. The lowest BCUT2D eigenvalue weighted by Gasteiger charge is -2.29. The molecular formula is C14H29NO7Si. The molecule has 0 saturated heterocycles. The Morgan fingerprint density at radius 3 is 2.13 bits per heavy atom. The second kappa shape index (κ2) is 11.5. The van der Waals surface area contributed by atoms with Crippen LogP contribution in [-0.4, -0.2) is 64.5 Å². The van der Waals surface area contributed by atoms with Crippen molar-refractivity contribution in [1.82, 2.24) is 5.32 Å². The third kappa shape index (κ3) is 8.42.